The van der Waals surface area contributed by atoms with Gasteiger partial charge in [-0.25, -0.2) is 0 Å². The van der Waals surface area contributed by atoms with Gasteiger partial charge < -0.3 is 0 Å². The highest BCUT2D eigenvalue weighted by Crippen LogP contribution is 2.31. The lowest BCUT2D eigenvalue weighted by atomic mass is 9.91. The van der Waals surface area contributed by atoms with Crippen LogP contribution in [0.1, 0.15) is 42.6 Å². The van der Waals surface area contributed by atoms with Gasteiger partial charge in [-0.1, -0.05) is 18.2 Å². The Morgan fingerprint density at radius 3 is 3.21 bits per heavy atom. The number of aryl methyl sites for hydroxylation is 2. The van der Waals surface area contributed by atoms with Crippen LogP contribution in [0.25, 0.3) is 0 Å². The summed E-state index contributed by atoms with van der Waals surface area (Å²) in [5.74, 6) is 0. The number of aromatic nitrogens is 1. The second kappa shape index (κ2) is 3.86. The molecule has 1 atom stereocenters. The van der Waals surface area contributed by atoms with Crippen LogP contribution < -0.4 is 0 Å². The van der Waals surface area contributed by atoms with Gasteiger partial charge in [0.1, 0.15) is 6.04 Å². The van der Waals surface area contributed by atoms with E-state index in [-0.39, 0.29) is 6.04 Å². The predicted molar refractivity (Wildman–Crippen MR) is 55.1 cm³/mol. The first-order valence-corrected chi connectivity index (χ1v) is 5.15. The summed E-state index contributed by atoms with van der Waals surface area (Å²) in [5, 5.41) is 3.17. The molecular weight excluding hydrogens is 176 g/mol. The van der Waals surface area contributed by atoms with Gasteiger partial charge in [-0.15, -0.1) is 0 Å². The molecule has 1 unspecified atom stereocenters. The first-order chi connectivity index (χ1) is 6.85. The molecule has 3 heteroatoms. The molecule has 74 valence electrons. The second-order valence-electron chi connectivity index (χ2n) is 3.75. The number of nitroso groups, excluding NO2 is 1. The minimum Gasteiger partial charge on any atom is -0.261 e. The molecule has 3 nitrogen and oxygen atoms in total. The van der Waals surface area contributed by atoms with Crippen LogP contribution in [0, 0.1) is 4.91 Å². The van der Waals surface area contributed by atoms with Crippen molar-refractivity contribution in [1.82, 2.24) is 4.98 Å². The largest absolute Gasteiger partial charge is 0.261 e. The van der Waals surface area contributed by atoms with Crippen LogP contribution in [0.3, 0.4) is 0 Å². The Morgan fingerprint density at radius 1 is 1.64 bits per heavy atom. The van der Waals surface area contributed by atoms with Crippen LogP contribution in [0.4, 0.5) is 0 Å². The molecule has 1 aromatic heterocycles. The summed E-state index contributed by atoms with van der Waals surface area (Å²) >= 11 is 0. The zero-order chi connectivity index (χ0) is 9.97. The molecule has 0 aliphatic heterocycles. The maximum atomic E-state index is 10.6. The maximum absolute atomic E-state index is 10.6. The Kier molecular flexibility index (Phi) is 2.57. The fourth-order valence-corrected chi connectivity index (χ4v) is 1.97. The van der Waals surface area contributed by atoms with E-state index in [2.05, 4.69) is 23.2 Å². The van der Waals surface area contributed by atoms with Gasteiger partial charge in [0.25, 0.3) is 0 Å². The SMILES string of the molecule is CCc1cnc2c(c1)C(N=O)CCC2. The molecule has 1 heterocycles. The lowest BCUT2D eigenvalue weighted by Gasteiger charge is -2.19. The number of hydrogen-bond acceptors (Lipinski definition) is 3. The summed E-state index contributed by atoms with van der Waals surface area (Å²) in [4.78, 5) is 15.0. The van der Waals surface area contributed by atoms with Crippen molar-refractivity contribution in [2.75, 3.05) is 0 Å². The average molecular weight is 190 g/mol. The molecule has 0 amide bonds. The van der Waals surface area contributed by atoms with Gasteiger partial charge in [0.05, 0.1) is 0 Å². The Hall–Kier alpha value is -1.25. The van der Waals surface area contributed by atoms with Gasteiger partial charge in [-0.3, -0.25) is 4.98 Å². The molecule has 14 heavy (non-hydrogen) atoms. The normalized spacial score (nSPS) is 20.2. The van der Waals surface area contributed by atoms with Crippen molar-refractivity contribution in [3.63, 3.8) is 0 Å². The van der Waals surface area contributed by atoms with Crippen molar-refractivity contribution in [2.45, 2.75) is 38.6 Å². The van der Waals surface area contributed by atoms with Crippen LogP contribution in [-0.4, -0.2) is 4.98 Å². The fourth-order valence-electron chi connectivity index (χ4n) is 1.97. The van der Waals surface area contributed by atoms with Gasteiger partial charge in [0.15, 0.2) is 0 Å². The predicted octanol–water partition coefficient (Wildman–Crippen LogP) is 2.79. The Balaban J connectivity index is 2.43. The quantitative estimate of drug-likeness (QED) is 0.673. The first-order valence-electron chi connectivity index (χ1n) is 5.15. The van der Waals surface area contributed by atoms with Gasteiger partial charge in [0, 0.05) is 17.5 Å². The van der Waals surface area contributed by atoms with Crippen molar-refractivity contribution in [3.8, 4) is 0 Å². The van der Waals surface area contributed by atoms with E-state index in [1.54, 1.807) is 0 Å². The van der Waals surface area contributed by atoms with E-state index < -0.39 is 0 Å². The topological polar surface area (TPSA) is 42.3 Å². The molecule has 0 radical (unpaired) electrons. The summed E-state index contributed by atoms with van der Waals surface area (Å²) in [5.41, 5.74) is 3.32. The Labute approximate surface area is 83.5 Å². The molecule has 0 N–H and O–H groups in total. The number of nitrogens with zero attached hydrogens (tertiary/aromatic N) is 2. The van der Waals surface area contributed by atoms with E-state index in [9.17, 15) is 4.91 Å². The molecule has 0 spiro atoms. The summed E-state index contributed by atoms with van der Waals surface area (Å²) in [6.07, 6.45) is 5.77. The molecule has 1 aliphatic rings. The lowest BCUT2D eigenvalue weighted by molar-refractivity contribution is 0.558. The summed E-state index contributed by atoms with van der Waals surface area (Å²) in [6, 6.07) is 1.94. The van der Waals surface area contributed by atoms with Crippen LogP contribution in [0.5, 0.6) is 0 Å². The molecule has 0 aromatic carbocycles. The second-order valence-corrected chi connectivity index (χ2v) is 3.75. The van der Waals surface area contributed by atoms with E-state index in [0.29, 0.717) is 0 Å². The highest BCUT2D eigenvalue weighted by Gasteiger charge is 2.21. The average Bonchev–Trinajstić information content (AvgIpc) is 2.27. The number of hydrogen-bond donors (Lipinski definition) is 0. The van der Waals surface area contributed by atoms with Crippen molar-refractivity contribution in [1.29, 1.82) is 0 Å². The summed E-state index contributed by atoms with van der Waals surface area (Å²) in [6.45, 7) is 2.09. The van der Waals surface area contributed by atoms with Gasteiger partial charge in [-0.05, 0) is 31.2 Å². The third kappa shape index (κ3) is 1.54. The van der Waals surface area contributed by atoms with Crippen molar-refractivity contribution >= 4 is 0 Å². The number of fused-ring (bicyclic) bond motifs is 1. The monoisotopic (exact) mass is 190 g/mol. The van der Waals surface area contributed by atoms with E-state index >= 15 is 0 Å². The maximum Gasteiger partial charge on any atom is 0.119 e. The van der Waals surface area contributed by atoms with Crippen LogP contribution in [0.15, 0.2) is 17.4 Å². The van der Waals surface area contributed by atoms with Crippen LogP contribution >= 0.6 is 0 Å². The molecule has 0 fully saturated rings. The Morgan fingerprint density at radius 2 is 2.50 bits per heavy atom. The highest BCUT2D eigenvalue weighted by molar-refractivity contribution is 5.30. The van der Waals surface area contributed by atoms with Crippen molar-refractivity contribution in [2.24, 2.45) is 5.18 Å². The van der Waals surface area contributed by atoms with Crippen LogP contribution in [-0.2, 0) is 12.8 Å². The van der Waals surface area contributed by atoms with Crippen molar-refractivity contribution < 1.29 is 0 Å². The number of rotatable bonds is 2. The molecule has 2 rings (SSSR count). The summed E-state index contributed by atoms with van der Waals surface area (Å²) < 4.78 is 0. The van der Waals surface area contributed by atoms with E-state index in [0.717, 1.165) is 36.9 Å². The van der Waals surface area contributed by atoms with Crippen molar-refractivity contribution in [3.05, 3.63) is 34.0 Å². The third-order valence-electron chi connectivity index (χ3n) is 2.85. The third-order valence-corrected chi connectivity index (χ3v) is 2.85. The molecule has 1 aromatic rings. The van der Waals surface area contributed by atoms with Gasteiger partial charge in [0.2, 0.25) is 0 Å². The van der Waals surface area contributed by atoms with E-state index in [1.165, 1.54) is 5.56 Å². The molecule has 0 saturated carbocycles. The van der Waals surface area contributed by atoms with Crippen LogP contribution in [0.2, 0.25) is 0 Å². The molecule has 0 bridgehead atoms. The smallest absolute Gasteiger partial charge is 0.119 e. The molecular formula is C11H14N2O. The standard InChI is InChI=1S/C11H14N2O/c1-2-8-6-9-10(12-7-8)4-3-5-11(9)13-14/h6-7,11H,2-5H2,1H3. The Bertz CT molecular complexity index is 349. The molecule has 0 saturated heterocycles. The number of pyridine rings is 1. The first kappa shape index (κ1) is 9.31. The minimum absolute atomic E-state index is 0.155. The highest BCUT2D eigenvalue weighted by atomic mass is 16.3. The van der Waals surface area contributed by atoms with E-state index in [4.69, 9.17) is 0 Å². The molecule has 1 aliphatic carbocycles. The van der Waals surface area contributed by atoms with Gasteiger partial charge in [-0.2, -0.15) is 4.91 Å². The zero-order valence-electron chi connectivity index (χ0n) is 8.36. The summed E-state index contributed by atoms with van der Waals surface area (Å²) in [7, 11) is 0. The van der Waals surface area contributed by atoms with Gasteiger partial charge >= 0.3 is 0 Å². The minimum atomic E-state index is -0.155. The lowest BCUT2D eigenvalue weighted by Crippen LogP contribution is -2.10. The zero-order valence-corrected chi connectivity index (χ0v) is 8.36. The van der Waals surface area contributed by atoms with E-state index in [1.807, 2.05) is 6.20 Å². The fraction of sp³-hybridized carbons (Fsp3) is 0.545.